The first kappa shape index (κ1) is 41.4. The number of carbonyl (C=O) groups excluding carboxylic acids is 4. The van der Waals surface area contributed by atoms with E-state index in [1.54, 1.807) is 7.11 Å². The Labute approximate surface area is 362 Å². The Bertz CT molecular complexity index is 2360. The number of aliphatic hydroxyl groups is 1. The van der Waals surface area contributed by atoms with Crippen molar-refractivity contribution in [1.29, 1.82) is 5.26 Å². The van der Waals surface area contributed by atoms with E-state index in [0.29, 0.717) is 96.2 Å². The zero-order valence-electron chi connectivity index (χ0n) is 36.4. The molecule has 2 aliphatic carbocycles. The zero-order valence-corrected chi connectivity index (χ0v) is 36.4. The van der Waals surface area contributed by atoms with Crippen molar-refractivity contribution in [1.82, 2.24) is 14.7 Å². The van der Waals surface area contributed by atoms with Crippen molar-refractivity contribution in [2.24, 2.45) is 28.1 Å². The molecule has 10 rings (SSSR count). The van der Waals surface area contributed by atoms with Crippen molar-refractivity contribution >= 4 is 42.6 Å². The summed E-state index contributed by atoms with van der Waals surface area (Å²) in [5.74, 6) is -2.55. The highest BCUT2D eigenvalue weighted by Gasteiger charge is 3.00. The van der Waals surface area contributed by atoms with Crippen molar-refractivity contribution in [2.75, 3.05) is 54.1 Å². The number of benzene rings is 1. The van der Waals surface area contributed by atoms with Gasteiger partial charge in [-0.25, -0.2) is 4.79 Å². The van der Waals surface area contributed by atoms with Gasteiger partial charge in [-0.2, -0.15) is 5.26 Å². The molecule has 7 heterocycles. The van der Waals surface area contributed by atoms with E-state index in [2.05, 4.69) is 34.1 Å². The summed E-state index contributed by atoms with van der Waals surface area (Å²) in [5.41, 5.74) is -2.10. The molecule has 0 aromatic heterocycles. The van der Waals surface area contributed by atoms with Crippen molar-refractivity contribution in [3.63, 3.8) is 0 Å². The van der Waals surface area contributed by atoms with Crippen molar-refractivity contribution in [3.05, 3.63) is 70.4 Å². The van der Waals surface area contributed by atoms with Crippen molar-refractivity contribution in [3.8, 4) is 6.07 Å². The summed E-state index contributed by atoms with van der Waals surface area (Å²) in [6.07, 6.45) is 9.95. The number of likely N-dealkylation sites (tertiary alicyclic amines) is 1. The number of nitrogens with zero attached hydrogens (tertiary/aromatic N) is 4. The number of rotatable bonds is 8. The maximum absolute atomic E-state index is 15.5. The highest BCUT2D eigenvalue weighted by molar-refractivity contribution is 6.67. The monoisotopic (exact) mass is 846 g/mol. The maximum Gasteiger partial charge on any atom is 0.347 e. The molecular weight excluding hydrogens is 791 g/mol. The van der Waals surface area contributed by atoms with Gasteiger partial charge in [0, 0.05) is 63.3 Å². The van der Waals surface area contributed by atoms with E-state index in [1.807, 2.05) is 38.1 Å². The fraction of sp³-hybridized carbons (Fsp3) is 0.596. The van der Waals surface area contributed by atoms with E-state index in [4.69, 9.17) is 23.7 Å². The molecule has 62 heavy (non-hydrogen) atoms. The lowest BCUT2D eigenvalue weighted by molar-refractivity contribution is -0.183. The van der Waals surface area contributed by atoms with E-state index in [-0.39, 0.29) is 5.92 Å². The molecule has 1 saturated carbocycles. The molecule has 12 atom stereocenters. The van der Waals surface area contributed by atoms with E-state index < -0.39 is 75.2 Å². The zero-order chi connectivity index (χ0) is 43.8. The summed E-state index contributed by atoms with van der Waals surface area (Å²) in [5, 5.41) is 22.1. The summed E-state index contributed by atoms with van der Waals surface area (Å²) in [7, 11) is 4.76. The van der Waals surface area contributed by atoms with Crippen LogP contribution < -0.4 is 5.46 Å². The number of nitriles is 1. The quantitative estimate of drug-likeness (QED) is 0.101. The third-order valence-electron chi connectivity index (χ3n) is 16.9. The first-order valence-corrected chi connectivity index (χ1v) is 22.2. The number of piperidine rings is 1. The third kappa shape index (κ3) is 4.88. The number of amides is 1. The minimum atomic E-state index is -1.88. The Hall–Kier alpha value is -4.59. The largest absolute Gasteiger partial charge is 0.468 e. The molecule has 2 spiro atoms. The fourth-order valence-corrected chi connectivity index (χ4v) is 14.7. The minimum absolute atomic E-state index is 0.116. The van der Waals surface area contributed by atoms with Crippen molar-refractivity contribution < 1.29 is 48.0 Å². The van der Waals surface area contributed by atoms with Gasteiger partial charge in [0.2, 0.25) is 12.1 Å². The Morgan fingerprint density at radius 2 is 1.87 bits per heavy atom. The molecule has 3 unspecified atom stereocenters. The number of esters is 3. The molecule has 1 aromatic rings. The Kier molecular flexibility index (Phi) is 9.33. The van der Waals surface area contributed by atoms with E-state index >= 15 is 4.79 Å². The standard InChI is InChI=1S/C47H55BN4O10/c1-7-42(57)21-29-22-44(40(55)59-5,37-30(12-16-50(24-29)25-42)31-18-28(23-49)10-11-34(31)48-37)33-19-32-35(20-36(33)58-4)52(26-53)47-45(32)14-17-51-15-9-13-43(8-2,38(45)51)39(61-27(3)54)46(47,62-47)41(56)60-6/h9-11,13,18-20,26,29,33,36,38-39,48,57H,7-8,12,14-17,21-22,24-25H2,1-6H3/t29-,33?,36?,38+,39-,42+,43-,44+,45-,46+,47+/m1/s1. The van der Waals surface area contributed by atoms with E-state index in [0.717, 1.165) is 27.6 Å². The van der Waals surface area contributed by atoms with Crippen LogP contribution in [0.25, 0.3) is 5.57 Å². The number of hydrogen-bond acceptors (Lipinski definition) is 13. The predicted molar refractivity (Wildman–Crippen MR) is 225 cm³/mol. The van der Waals surface area contributed by atoms with Crippen LogP contribution >= 0.6 is 0 Å². The highest BCUT2D eigenvalue weighted by atomic mass is 16.7. The van der Waals surface area contributed by atoms with Gasteiger partial charge >= 0.3 is 17.9 Å². The molecule has 9 aliphatic rings. The van der Waals surface area contributed by atoms with Gasteiger partial charge in [-0.1, -0.05) is 49.1 Å². The van der Waals surface area contributed by atoms with Crippen LogP contribution in [0.1, 0.15) is 70.4 Å². The van der Waals surface area contributed by atoms with Gasteiger partial charge in [0.15, 0.2) is 13.4 Å². The van der Waals surface area contributed by atoms with Crippen molar-refractivity contribution in [2.45, 2.75) is 94.5 Å². The topological polar surface area (TPSA) is 171 Å². The Balaban J connectivity index is 1.26. The minimum Gasteiger partial charge on any atom is -0.468 e. The molecule has 0 radical (unpaired) electrons. The van der Waals surface area contributed by atoms with Crippen LogP contribution in [-0.4, -0.2) is 141 Å². The molecule has 2 bridgehead atoms. The van der Waals surface area contributed by atoms with Crippen LogP contribution in [0.4, 0.5) is 0 Å². The number of methoxy groups -OCH3 is 3. The molecule has 1 aromatic carbocycles. The molecule has 7 aliphatic heterocycles. The number of carbonyl (C=O) groups is 4. The van der Waals surface area contributed by atoms with E-state index in [9.17, 15) is 24.8 Å². The maximum atomic E-state index is 15.5. The summed E-state index contributed by atoms with van der Waals surface area (Å²) in [6, 6.07) is 7.66. The number of epoxide rings is 1. The van der Waals surface area contributed by atoms with Gasteiger partial charge in [0.1, 0.15) is 0 Å². The van der Waals surface area contributed by atoms with Crippen LogP contribution in [0.15, 0.2) is 59.2 Å². The summed E-state index contributed by atoms with van der Waals surface area (Å²) in [6.45, 7) is 8.41. The second kappa shape index (κ2) is 14.0. The third-order valence-corrected chi connectivity index (χ3v) is 16.9. The SMILES string of the molecule is CC[C@]1(O)C[C@H]2CN(CCC3=C(Bc4ccc(C#N)cc43)[C@@](C(=O)OC)(C3C=C4C(=CC3OC)N(C=O)[C@@]35O[C@]3(C(=O)OC)[C@H](OC(C)=O)[C@]3(CC)C=CCN6CC[C@]45[C@@H]63)C2)C1. The average molecular weight is 847 g/mol. The fourth-order valence-electron chi connectivity index (χ4n) is 14.7. The normalized spacial score (nSPS) is 41.7. The van der Waals surface area contributed by atoms with E-state index in [1.165, 1.54) is 26.0 Å². The van der Waals surface area contributed by atoms with Gasteiger partial charge in [0.25, 0.3) is 5.60 Å². The number of allylic oxidation sites excluding steroid dienone is 1. The van der Waals surface area contributed by atoms with Crippen LogP contribution in [0.2, 0.25) is 0 Å². The molecule has 15 heteroatoms. The highest BCUT2D eigenvalue weighted by Crippen LogP contribution is 2.82. The molecule has 14 nitrogen and oxygen atoms in total. The second-order valence-electron chi connectivity index (χ2n) is 19.2. The number of hydrogen-bond donors (Lipinski definition) is 1. The Morgan fingerprint density at radius 3 is 2.55 bits per heavy atom. The van der Waals surface area contributed by atoms with Crippen LogP contribution in [-0.2, 0) is 42.9 Å². The lowest BCUT2D eigenvalue weighted by Crippen LogP contribution is -2.73. The second-order valence-corrected chi connectivity index (χ2v) is 19.2. The molecule has 1 N–H and O–H groups in total. The number of ether oxygens (including phenoxy) is 5. The molecule has 1 amide bonds. The Morgan fingerprint density at radius 1 is 1.08 bits per heavy atom. The van der Waals surface area contributed by atoms with Crippen LogP contribution in [0.5, 0.6) is 0 Å². The lowest BCUT2D eigenvalue weighted by atomic mass is 9.47. The predicted octanol–water partition coefficient (Wildman–Crippen LogP) is 2.30. The van der Waals surface area contributed by atoms with Gasteiger partial charge < -0.3 is 28.8 Å². The number of fused-ring (bicyclic) bond motifs is 5. The smallest absolute Gasteiger partial charge is 0.347 e. The van der Waals surface area contributed by atoms with Gasteiger partial charge in [-0.05, 0) is 85.9 Å². The van der Waals surface area contributed by atoms with Crippen LogP contribution in [0, 0.1) is 39.4 Å². The first-order chi connectivity index (χ1) is 29.8. The molecule has 5 fully saturated rings. The molecule has 326 valence electrons. The van der Waals surface area contributed by atoms with Crippen LogP contribution in [0.3, 0.4) is 0 Å². The summed E-state index contributed by atoms with van der Waals surface area (Å²) in [4.78, 5) is 63.3. The van der Waals surface area contributed by atoms with Gasteiger partial charge in [-0.15, -0.1) is 0 Å². The molecule has 4 saturated heterocycles. The van der Waals surface area contributed by atoms with Gasteiger partial charge in [0.05, 0.1) is 48.4 Å². The van der Waals surface area contributed by atoms with Gasteiger partial charge in [-0.3, -0.25) is 29.1 Å². The summed E-state index contributed by atoms with van der Waals surface area (Å²) < 4.78 is 31.3. The lowest BCUT2D eigenvalue weighted by Gasteiger charge is -2.58. The summed E-state index contributed by atoms with van der Waals surface area (Å²) >= 11 is 0. The average Bonchev–Trinajstić information content (AvgIpc) is 3.50. The first-order valence-electron chi connectivity index (χ1n) is 22.2. The molecular formula is C47H55BN4O10.